The lowest BCUT2D eigenvalue weighted by atomic mass is 10.1. The molecule has 23 heavy (non-hydrogen) atoms. The third kappa shape index (κ3) is 3.61. The van der Waals surface area contributed by atoms with Gasteiger partial charge in [0.1, 0.15) is 0 Å². The summed E-state index contributed by atoms with van der Waals surface area (Å²) in [6, 6.07) is 7.88. The Morgan fingerprint density at radius 2 is 2.22 bits per heavy atom. The number of benzene rings is 1. The van der Waals surface area contributed by atoms with E-state index in [4.69, 9.17) is 0 Å². The van der Waals surface area contributed by atoms with Crippen molar-refractivity contribution in [2.45, 2.75) is 19.8 Å². The second kappa shape index (κ2) is 6.16. The Bertz CT molecular complexity index is 868. The van der Waals surface area contributed by atoms with Crippen LogP contribution in [-0.4, -0.2) is 37.0 Å². The molecule has 1 aromatic carbocycles. The minimum atomic E-state index is -2.95. The maximum absolute atomic E-state index is 11.9. The summed E-state index contributed by atoms with van der Waals surface area (Å²) in [5.41, 5.74) is 5.42. The predicted molar refractivity (Wildman–Crippen MR) is 90.2 cm³/mol. The van der Waals surface area contributed by atoms with Crippen LogP contribution in [-0.2, 0) is 14.6 Å². The van der Waals surface area contributed by atoms with E-state index in [0.29, 0.717) is 6.42 Å². The fourth-order valence-corrected chi connectivity index (χ4v) is 4.84. The molecule has 1 aliphatic rings. The Kier molecular flexibility index (Phi) is 4.21. The minimum Gasteiger partial charge on any atom is -0.358 e. The van der Waals surface area contributed by atoms with Crippen LogP contribution in [0.25, 0.3) is 10.9 Å². The number of para-hydroxylation sites is 1. The Morgan fingerprint density at radius 1 is 1.43 bits per heavy atom. The molecule has 0 aliphatic carbocycles. The third-order valence-electron chi connectivity index (χ3n) is 4.13. The number of hydrogen-bond acceptors (Lipinski definition) is 4. The first-order valence-electron chi connectivity index (χ1n) is 7.54. The molecule has 122 valence electrons. The first-order chi connectivity index (χ1) is 10.9. The lowest BCUT2D eigenvalue weighted by molar-refractivity contribution is -0.121. The van der Waals surface area contributed by atoms with Gasteiger partial charge in [0.15, 0.2) is 9.84 Å². The first-order valence-corrected chi connectivity index (χ1v) is 9.36. The molecule has 1 saturated heterocycles. The monoisotopic (exact) mass is 333 g/mol. The van der Waals surface area contributed by atoms with E-state index in [0.717, 1.165) is 22.2 Å². The Morgan fingerprint density at radius 3 is 2.96 bits per heavy atom. The summed E-state index contributed by atoms with van der Waals surface area (Å²) in [5, 5.41) is 5.06. The standard InChI is InChI=1S/C16H19N3O3S/c1-11-14(13-4-2-3-5-15(13)18-11)9-17-19-16(20)8-12-6-7-23(21,22)10-12/h2-5,9,12,18H,6-8,10H2,1H3,(H,19,20)/b17-9+/t12-/m0/s1. The van der Waals surface area contributed by atoms with Crippen LogP contribution in [0.15, 0.2) is 29.4 Å². The van der Waals surface area contributed by atoms with Crippen molar-refractivity contribution in [1.82, 2.24) is 10.4 Å². The summed E-state index contributed by atoms with van der Waals surface area (Å²) < 4.78 is 22.8. The lowest BCUT2D eigenvalue weighted by Crippen LogP contribution is -2.21. The van der Waals surface area contributed by atoms with Crippen molar-refractivity contribution in [3.63, 3.8) is 0 Å². The second-order valence-corrected chi connectivity index (χ2v) is 8.20. The summed E-state index contributed by atoms with van der Waals surface area (Å²) in [4.78, 5) is 15.1. The molecule has 2 N–H and O–H groups in total. The van der Waals surface area contributed by atoms with Crippen molar-refractivity contribution in [2.75, 3.05) is 11.5 Å². The highest BCUT2D eigenvalue weighted by atomic mass is 32.2. The average molecular weight is 333 g/mol. The summed E-state index contributed by atoms with van der Waals surface area (Å²) in [5.74, 6) is -0.0556. The molecule has 0 unspecified atom stereocenters. The number of aryl methyl sites for hydroxylation is 1. The van der Waals surface area contributed by atoms with Crippen LogP contribution in [0.3, 0.4) is 0 Å². The van der Waals surface area contributed by atoms with E-state index in [1.165, 1.54) is 0 Å². The molecule has 3 rings (SSSR count). The van der Waals surface area contributed by atoms with Gasteiger partial charge in [-0.05, 0) is 25.3 Å². The molecule has 0 spiro atoms. The topological polar surface area (TPSA) is 91.4 Å². The van der Waals surface area contributed by atoms with Crippen LogP contribution in [0, 0.1) is 12.8 Å². The van der Waals surface area contributed by atoms with Gasteiger partial charge in [0.05, 0.1) is 17.7 Å². The van der Waals surface area contributed by atoms with Crippen LogP contribution in [0.1, 0.15) is 24.1 Å². The zero-order valence-electron chi connectivity index (χ0n) is 12.9. The number of hydrogen-bond donors (Lipinski definition) is 2. The van der Waals surface area contributed by atoms with Gasteiger partial charge in [-0.3, -0.25) is 4.79 Å². The van der Waals surface area contributed by atoms with E-state index in [1.807, 2.05) is 31.2 Å². The molecule has 1 aliphatic heterocycles. The van der Waals surface area contributed by atoms with E-state index in [1.54, 1.807) is 6.21 Å². The number of carbonyl (C=O) groups excluding carboxylic acids is 1. The van der Waals surface area contributed by atoms with Gasteiger partial charge in [-0.2, -0.15) is 5.10 Å². The first kappa shape index (κ1) is 15.7. The Hall–Kier alpha value is -2.15. The molecule has 2 aromatic rings. The molecule has 1 fully saturated rings. The van der Waals surface area contributed by atoms with Crippen molar-refractivity contribution in [3.8, 4) is 0 Å². The average Bonchev–Trinajstić information content (AvgIpc) is 2.99. The molecule has 1 atom stereocenters. The van der Waals surface area contributed by atoms with E-state index < -0.39 is 9.84 Å². The fraction of sp³-hybridized carbons (Fsp3) is 0.375. The molecule has 1 amide bonds. The van der Waals surface area contributed by atoms with E-state index in [-0.39, 0.29) is 29.8 Å². The molecule has 0 bridgehead atoms. The molecule has 0 saturated carbocycles. The molecule has 7 heteroatoms. The summed E-state index contributed by atoms with van der Waals surface area (Å²) in [6.07, 6.45) is 2.38. The third-order valence-corrected chi connectivity index (χ3v) is 5.96. The fourth-order valence-electron chi connectivity index (χ4n) is 2.97. The zero-order valence-corrected chi connectivity index (χ0v) is 13.7. The SMILES string of the molecule is Cc1[nH]c2ccccc2c1/C=N/NC(=O)C[C@@H]1CCS(=O)(=O)C1. The van der Waals surface area contributed by atoms with Crippen LogP contribution in [0.4, 0.5) is 0 Å². The molecule has 0 radical (unpaired) electrons. The van der Waals surface area contributed by atoms with Gasteiger partial charge in [-0.25, -0.2) is 13.8 Å². The van der Waals surface area contributed by atoms with E-state index in [2.05, 4.69) is 15.5 Å². The number of aromatic amines is 1. The summed E-state index contributed by atoms with van der Waals surface area (Å²) in [6.45, 7) is 1.95. The lowest BCUT2D eigenvalue weighted by Gasteiger charge is -2.05. The van der Waals surface area contributed by atoms with Gasteiger partial charge in [0.25, 0.3) is 0 Å². The van der Waals surface area contributed by atoms with Gasteiger partial charge >= 0.3 is 0 Å². The number of fused-ring (bicyclic) bond motifs is 1. The number of carbonyl (C=O) groups is 1. The molecule has 2 heterocycles. The van der Waals surface area contributed by atoms with Gasteiger partial charge in [0.2, 0.25) is 5.91 Å². The number of H-pyrrole nitrogens is 1. The smallest absolute Gasteiger partial charge is 0.240 e. The van der Waals surface area contributed by atoms with Crippen molar-refractivity contribution < 1.29 is 13.2 Å². The summed E-state index contributed by atoms with van der Waals surface area (Å²) in [7, 11) is -2.95. The number of hydrazone groups is 1. The Labute approximate surface area is 134 Å². The number of nitrogens with one attached hydrogen (secondary N) is 2. The Balaban J connectivity index is 1.62. The number of sulfone groups is 1. The highest BCUT2D eigenvalue weighted by Gasteiger charge is 2.29. The second-order valence-electron chi connectivity index (χ2n) is 5.98. The highest BCUT2D eigenvalue weighted by molar-refractivity contribution is 7.91. The van der Waals surface area contributed by atoms with Crippen LogP contribution in [0.5, 0.6) is 0 Å². The van der Waals surface area contributed by atoms with Crippen molar-refractivity contribution in [1.29, 1.82) is 0 Å². The van der Waals surface area contributed by atoms with Gasteiger partial charge in [-0.15, -0.1) is 0 Å². The van der Waals surface area contributed by atoms with Crippen LogP contribution in [0.2, 0.25) is 0 Å². The van der Waals surface area contributed by atoms with Crippen molar-refractivity contribution >= 4 is 32.9 Å². The zero-order chi connectivity index (χ0) is 16.4. The van der Waals surface area contributed by atoms with Gasteiger partial charge in [-0.1, -0.05) is 18.2 Å². The maximum atomic E-state index is 11.9. The molecule has 1 aromatic heterocycles. The number of aromatic nitrogens is 1. The summed E-state index contributed by atoms with van der Waals surface area (Å²) >= 11 is 0. The van der Waals surface area contributed by atoms with Crippen LogP contribution < -0.4 is 5.43 Å². The van der Waals surface area contributed by atoms with E-state index >= 15 is 0 Å². The number of amides is 1. The minimum absolute atomic E-state index is 0.0926. The van der Waals surface area contributed by atoms with Crippen LogP contribution >= 0.6 is 0 Å². The number of nitrogens with zero attached hydrogens (tertiary/aromatic N) is 1. The molecular weight excluding hydrogens is 314 g/mol. The predicted octanol–water partition coefficient (Wildman–Crippen LogP) is 1.75. The van der Waals surface area contributed by atoms with Crippen molar-refractivity contribution in [3.05, 3.63) is 35.5 Å². The van der Waals surface area contributed by atoms with Gasteiger partial charge < -0.3 is 4.98 Å². The largest absolute Gasteiger partial charge is 0.358 e. The normalized spacial score (nSPS) is 20.3. The quantitative estimate of drug-likeness (QED) is 0.659. The van der Waals surface area contributed by atoms with Gasteiger partial charge in [0, 0.05) is 28.6 Å². The van der Waals surface area contributed by atoms with Crippen molar-refractivity contribution in [2.24, 2.45) is 11.0 Å². The molecular formula is C16H19N3O3S. The number of rotatable bonds is 4. The maximum Gasteiger partial charge on any atom is 0.240 e. The highest BCUT2D eigenvalue weighted by Crippen LogP contribution is 2.21. The van der Waals surface area contributed by atoms with E-state index in [9.17, 15) is 13.2 Å². The molecule has 6 nitrogen and oxygen atoms in total.